The summed E-state index contributed by atoms with van der Waals surface area (Å²) in [5.74, 6) is 0.902. The van der Waals surface area contributed by atoms with Crippen molar-refractivity contribution in [2.24, 2.45) is 0 Å². The fraction of sp³-hybridized carbons (Fsp3) is 0.118. The van der Waals surface area contributed by atoms with E-state index in [1.807, 2.05) is 31.2 Å². The topological polar surface area (TPSA) is 54.9 Å². The van der Waals surface area contributed by atoms with Gasteiger partial charge < -0.3 is 5.32 Å². The number of aryl methyl sites for hydroxylation is 1. The molecular formula is C17H14ClN3OS2. The summed E-state index contributed by atoms with van der Waals surface area (Å²) in [5.41, 5.74) is 2.88. The van der Waals surface area contributed by atoms with Gasteiger partial charge in [-0.2, -0.15) is 4.37 Å². The first-order chi connectivity index (χ1) is 11.6. The van der Waals surface area contributed by atoms with E-state index in [1.54, 1.807) is 24.3 Å². The van der Waals surface area contributed by atoms with Gasteiger partial charge in [-0.1, -0.05) is 47.6 Å². The average molecular weight is 376 g/mol. The van der Waals surface area contributed by atoms with Crippen molar-refractivity contribution < 1.29 is 4.79 Å². The molecular weight excluding hydrogens is 362 g/mol. The molecule has 122 valence electrons. The molecule has 0 saturated heterocycles. The largest absolute Gasteiger partial charge is 0.325 e. The number of rotatable bonds is 5. The van der Waals surface area contributed by atoms with E-state index in [0.717, 1.165) is 21.2 Å². The highest BCUT2D eigenvalue weighted by molar-refractivity contribution is 8.01. The summed E-state index contributed by atoms with van der Waals surface area (Å²) >= 11 is 8.51. The van der Waals surface area contributed by atoms with Gasteiger partial charge in [0.2, 0.25) is 5.91 Å². The number of nitrogens with zero attached hydrogens (tertiary/aromatic N) is 2. The Morgan fingerprint density at radius 3 is 2.71 bits per heavy atom. The van der Waals surface area contributed by atoms with Crippen LogP contribution in [0.15, 0.2) is 52.9 Å². The van der Waals surface area contributed by atoms with Crippen LogP contribution in [0.25, 0.3) is 11.4 Å². The molecule has 3 aromatic rings. The van der Waals surface area contributed by atoms with Crippen LogP contribution < -0.4 is 5.32 Å². The highest BCUT2D eigenvalue weighted by atomic mass is 35.5. The van der Waals surface area contributed by atoms with Crippen molar-refractivity contribution in [2.45, 2.75) is 11.3 Å². The van der Waals surface area contributed by atoms with Crippen LogP contribution >= 0.6 is 34.9 Å². The Balaban J connectivity index is 1.58. The number of hydrogen-bond donors (Lipinski definition) is 1. The summed E-state index contributed by atoms with van der Waals surface area (Å²) in [5, 5.41) is 3.46. The molecule has 0 aliphatic rings. The van der Waals surface area contributed by atoms with Crippen molar-refractivity contribution in [3.63, 3.8) is 0 Å². The van der Waals surface area contributed by atoms with Gasteiger partial charge in [0, 0.05) is 16.3 Å². The molecule has 0 unspecified atom stereocenters. The van der Waals surface area contributed by atoms with Gasteiger partial charge in [0.25, 0.3) is 0 Å². The molecule has 0 fully saturated rings. The lowest BCUT2D eigenvalue weighted by molar-refractivity contribution is -0.113. The number of amides is 1. The zero-order valence-electron chi connectivity index (χ0n) is 12.8. The van der Waals surface area contributed by atoms with Crippen LogP contribution in [0.1, 0.15) is 5.56 Å². The van der Waals surface area contributed by atoms with Crippen molar-refractivity contribution in [1.29, 1.82) is 0 Å². The molecule has 4 nitrogen and oxygen atoms in total. The van der Waals surface area contributed by atoms with Crippen molar-refractivity contribution in [1.82, 2.24) is 9.36 Å². The summed E-state index contributed by atoms with van der Waals surface area (Å²) in [6.07, 6.45) is 0. The van der Waals surface area contributed by atoms with Gasteiger partial charge in [0.1, 0.15) is 0 Å². The number of thioether (sulfide) groups is 1. The second kappa shape index (κ2) is 7.79. The number of hydrogen-bond acceptors (Lipinski definition) is 5. The minimum Gasteiger partial charge on any atom is -0.325 e. The molecule has 0 saturated carbocycles. The maximum atomic E-state index is 12.0. The standard InChI is InChI=1S/C17H14ClN3OS2/c1-11-4-2-3-5-14(11)16-20-17(24-21-16)23-10-15(22)19-13-8-6-12(18)7-9-13/h2-9H,10H2,1H3,(H,19,22). The van der Waals surface area contributed by atoms with Crippen LogP contribution in [0.5, 0.6) is 0 Å². The smallest absolute Gasteiger partial charge is 0.234 e. The molecule has 2 aromatic carbocycles. The van der Waals surface area contributed by atoms with Gasteiger partial charge in [-0.25, -0.2) is 4.98 Å². The Morgan fingerprint density at radius 1 is 1.21 bits per heavy atom. The number of nitrogens with one attached hydrogen (secondary N) is 1. The quantitative estimate of drug-likeness (QED) is 0.644. The lowest BCUT2D eigenvalue weighted by Crippen LogP contribution is -2.13. The van der Waals surface area contributed by atoms with E-state index in [0.29, 0.717) is 10.8 Å². The van der Waals surface area contributed by atoms with Crippen LogP contribution in [0.3, 0.4) is 0 Å². The molecule has 0 aliphatic heterocycles. The van der Waals surface area contributed by atoms with E-state index < -0.39 is 0 Å². The molecule has 0 bridgehead atoms. The van der Waals surface area contributed by atoms with Crippen molar-refractivity contribution in [2.75, 3.05) is 11.1 Å². The maximum Gasteiger partial charge on any atom is 0.234 e. The lowest BCUT2D eigenvalue weighted by Gasteiger charge is -2.03. The summed E-state index contributed by atoms with van der Waals surface area (Å²) in [6.45, 7) is 2.03. The highest BCUT2D eigenvalue weighted by Gasteiger charge is 2.11. The third-order valence-corrected chi connectivity index (χ3v) is 5.33. The van der Waals surface area contributed by atoms with Crippen molar-refractivity contribution in [3.05, 3.63) is 59.1 Å². The Labute approximate surface area is 153 Å². The van der Waals surface area contributed by atoms with Crippen LogP contribution in [0.4, 0.5) is 5.69 Å². The minimum absolute atomic E-state index is 0.0880. The summed E-state index contributed by atoms with van der Waals surface area (Å²) in [4.78, 5) is 16.5. The van der Waals surface area contributed by atoms with Gasteiger partial charge in [-0.3, -0.25) is 4.79 Å². The number of halogens is 1. The molecule has 1 N–H and O–H groups in total. The molecule has 7 heteroatoms. The Kier molecular flexibility index (Phi) is 5.50. The molecule has 24 heavy (non-hydrogen) atoms. The van der Waals surface area contributed by atoms with Crippen LogP contribution in [0, 0.1) is 6.92 Å². The molecule has 1 heterocycles. The molecule has 0 radical (unpaired) electrons. The molecule has 1 amide bonds. The van der Waals surface area contributed by atoms with Gasteiger partial charge in [-0.05, 0) is 48.3 Å². The minimum atomic E-state index is -0.0880. The molecule has 3 rings (SSSR count). The third-order valence-electron chi connectivity index (χ3n) is 3.25. The van der Waals surface area contributed by atoms with Crippen LogP contribution in [-0.4, -0.2) is 21.0 Å². The molecule has 0 spiro atoms. The predicted molar refractivity (Wildman–Crippen MR) is 101 cm³/mol. The first-order valence-corrected chi connectivity index (χ1v) is 9.33. The van der Waals surface area contributed by atoms with Gasteiger partial charge in [0.15, 0.2) is 10.2 Å². The monoisotopic (exact) mass is 375 g/mol. The predicted octanol–water partition coefficient (Wildman–Crippen LogP) is 4.90. The Hall–Kier alpha value is -1.89. The van der Waals surface area contributed by atoms with Gasteiger partial charge in [0.05, 0.1) is 5.75 Å². The van der Waals surface area contributed by atoms with Crippen LogP contribution in [-0.2, 0) is 4.79 Å². The first-order valence-electron chi connectivity index (χ1n) is 7.20. The zero-order valence-corrected chi connectivity index (χ0v) is 15.2. The van der Waals surface area contributed by atoms with Crippen LogP contribution in [0.2, 0.25) is 5.02 Å². The van der Waals surface area contributed by atoms with E-state index in [9.17, 15) is 4.79 Å². The zero-order chi connectivity index (χ0) is 16.9. The molecule has 0 atom stereocenters. The van der Waals surface area contributed by atoms with E-state index >= 15 is 0 Å². The normalized spacial score (nSPS) is 10.6. The summed E-state index contributed by atoms with van der Waals surface area (Å²) < 4.78 is 5.16. The summed E-state index contributed by atoms with van der Waals surface area (Å²) in [6, 6.07) is 15.0. The first kappa shape index (κ1) is 17.0. The van der Waals surface area contributed by atoms with E-state index in [4.69, 9.17) is 11.6 Å². The molecule has 1 aromatic heterocycles. The Morgan fingerprint density at radius 2 is 1.96 bits per heavy atom. The fourth-order valence-electron chi connectivity index (χ4n) is 2.06. The second-order valence-corrected chi connectivity index (χ2v) is 7.45. The Bertz CT molecular complexity index is 849. The van der Waals surface area contributed by atoms with Crippen molar-refractivity contribution >= 4 is 46.5 Å². The third kappa shape index (κ3) is 4.35. The van der Waals surface area contributed by atoms with Gasteiger partial charge in [-0.15, -0.1) is 0 Å². The van der Waals surface area contributed by atoms with E-state index in [-0.39, 0.29) is 11.7 Å². The average Bonchev–Trinajstić information content (AvgIpc) is 3.04. The second-order valence-electron chi connectivity index (χ2n) is 5.04. The number of benzene rings is 2. The number of aromatic nitrogens is 2. The highest BCUT2D eigenvalue weighted by Crippen LogP contribution is 2.27. The number of carbonyl (C=O) groups excluding carboxylic acids is 1. The molecule has 0 aliphatic carbocycles. The van der Waals surface area contributed by atoms with E-state index in [2.05, 4.69) is 14.7 Å². The lowest BCUT2D eigenvalue weighted by atomic mass is 10.1. The number of anilines is 1. The van der Waals surface area contributed by atoms with E-state index in [1.165, 1.54) is 23.3 Å². The van der Waals surface area contributed by atoms with Crippen molar-refractivity contribution in [3.8, 4) is 11.4 Å². The number of carbonyl (C=O) groups is 1. The van der Waals surface area contributed by atoms with Gasteiger partial charge >= 0.3 is 0 Å². The fourth-order valence-corrected chi connectivity index (χ4v) is 3.59. The summed E-state index contributed by atoms with van der Waals surface area (Å²) in [7, 11) is 0. The SMILES string of the molecule is Cc1ccccc1-c1nsc(SCC(=O)Nc2ccc(Cl)cc2)n1. The maximum absolute atomic E-state index is 12.0.